The van der Waals surface area contributed by atoms with Crippen molar-refractivity contribution in [1.82, 2.24) is 10.2 Å². The monoisotopic (exact) mass is 278 g/mol. The molecule has 0 spiro atoms. The molecular formula is C14H18N2O4. The fourth-order valence-electron chi connectivity index (χ4n) is 2.30. The number of hydrogen-bond acceptors (Lipinski definition) is 4. The first-order valence-corrected chi connectivity index (χ1v) is 6.46. The molecule has 1 unspecified atom stereocenters. The molecule has 20 heavy (non-hydrogen) atoms. The fraction of sp³-hybridized carbons (Fsp3) is 0.429. The van der Waals surface area contributed by atoms with Crippen LogP contribution in [0.2, 0.25) is 0 Å². The van der Waals surface area contributed by atoms with E-state index in [1.807, 2.05) is 29.2 Å². The third kappa shape index (κ3) is 3.48. The lowest BCUT2D eigenvalue weighted by Gasteiger charge is -2.34. The van der Waals surface area contributed by atoms with Crippen molar-refractivity contribution in [3.63, 3.8) is 0 Å². The molecule has 6 heteroatoms. The van der Waals surface area contributed by atoms with E-state index in [-0.39, 0.29) is 12.3 Å². The normalized spacial score (nSPS) is 19.4. The smallest absolute Gasteiger partial charge is 0.305 e. The highest BCUT2D eigenvalue weighted by molar-refractivity contribution is 5.86. The van der Waals surface area contributed by atoms with Crippen LogP contribution in [0.15, 0.2) is 24.3 Å². The van der Waals surface area contributed by atoms with Crippen molar-refractivity contribution in [3.05, 3.63) is 29.8 Å². The van der Waals surface area contributed by atoms with Crippen molar-refractivity contribution >= 4 is 11.9 Å². The van der Waals surface area contributed by atoms with Crippen LogP contribution in [0, 0.1) is 0 Å². The van der Waals surface area contributed by atoms with Crippen molar-refractivity contribution < 1.29 is 19.4 Å². The number of nitrogens with one attached hydrogen (secondary N) is 1. The number of ether oxygens (including phenoxy) is 1. The number of benzene rings is 1. The minimum Gasteiger partial charge on any atom is -0.497 e. The third-order valence-electron chi connectivity index (χ3n) is 3.35. The van der Waals surface area contributed by atoms with Gasteiger partial charge in [0.2, 0.25) is 5.91 Å². The van der Waals surface area contributed by atoms with Crippen LogP contribution in [0.1, 0.15) is 12.0 Å². The summed E-state index contributed by atoms with van der Waals surface area (Å²) in [5, 5.41) is 11.6. The van der Waals surface area contributed by atoms with Gasteiger partial charge in [0.1, 0.15) is 11.8 Å². The van der Waals surface area contributed by atoms with E-state index in [1.54, 1.807) is 7.11 Å². The number of carboxylic acid groups (broad SMARTS) is 1. The summed E-state index contributed by atoms with van der Waals surface area (Å²) < 4.78 is 5.09. The van der Waals surface area contributed by atoms with Gasteiger partial charge in [-0.25, -0.2) is 0 Å². The van der Waals surface area contributed by atoms with Crippen LogP contribution >= 0.6 is 0 Å². The van der Waals surface area contributed by atoms with Gasteiger partial charge in [0.25, 0.3) is 0 Å². The second-order valence-electron chi connectivity index (χ2n) is 4.72. The second-order valence-corrected chi connectivity index (χ2v) is 4.72. The molecule has 1 fully saturated rings. The van der Waals surface area contributed by atoms with E-state index in [4.69, 9.17) is 9.84 Å². The van der Waals surface area contributed by atoms with Crippen LogP contribution in [-0.2, 0) is 16.1 Å². The lowest BCUT2D eigenvalue weighted by molar-refractivity contribution is -0.143. The molecule has 1 aliphatic rings. The number of amides is 1. The van der Waals surface area contributed by atoms with E-state index < -0.39 is 12.0 Å². The predicted molar refractivity (Wildman–Crippen MR) is 72.5 cm³/mol. The second kappa shape index (κ2) is 6.38. The zero-order chi connectivity index (χ0) is 14.5. The molecule has 1 heterocycles. The predicted octanol–water partition coefficient (Wildman–Crippen LogP) is 0.470. The number of aliphatic carboxylic acids is 1. The number of nitrogens with zero attached hydrogens (tertiary/aromatic N) is 1. The van der Waals surface area contributed by atoms with Crippen LogP contribution < -0.4 is 10.1 Å². The largest absolute Gasteiger partial charge is 0.497 e. The van der Waals surface area contributed by atoms with Crippen molar-refractivity contribution in [3.8, 4) is 5.75 Å². The van der Waals surface area contributed by atoms with Crippen LogP contribution in [0.25, 0.3) is 0 Å². The zero-order valence-corrected chi connectivity index (χ0v) is 11.3. The molecule has 0 saturated carbocycles. The quantitative estimate of drug-likeness (QED) is 0.818. The highest BCUT2D eigenvalue weighted by atomic mass is 16.5. The molecule has 1 aromatic carbocycles. The zero-order valence-electron chi connectivity index (χ0n) is 11.3. The Bertz CT molecular complexity index is 486. The highest BCUT2D eigenvalue weighted by Gasteiger charge is 2.31. The fourth-order valence-corrected chi connectivity index (χ4v) is 2.30. The van der Waals surface area contributed by atoms with Gasteiger partial charge in [-0.1, -0.05) is 12.1 Å². The Morgan fingerprint density at radius 3 is 2.75 bits per heavy atom. The molecule has 1 aromatic rings. The number of carbonyl (C=O) groups is 2. The van der Waals surface area contributed by atoms with Gasteiger partial charge in [0, 0.05) is 19.6 Å². The molecule has 1 atom stereocenters. The summed E-state index contributed by atoms with van der Waals surface area (Å²) in [4.78, 5) is 24.6. The Kier molecular flexibility index (Phi) is 4.57. The Balaban J connectivity index is 2.07. The maximum atomic E-state index is 11.8. The molecule has 0 bridgehead atoms. The van der Waals surface area contributed by atoms with Gasteiger partial charge >= 0.3 is 5.97 Å². The summed E-state index contributed by atoms with van der Waals surface area (Å²) in [6.07, 6.45) is -0.179. The molecule has 2 N–H and O–H groups in total. The first-order valence-electron chi connectivity index (χ1n) is 6.46. The number of methoxy groups -OCH3 is 1. The maximum absolute atomic E-state index is 11.8. The molecule has 108 valence electrons. The number of piperazine rings is 1. The molecule has 1 amide bonds. The summed E-state index contributed by atoms with van der Waals surface area (Å²) in [5.41, 5.74) is 1.02. The van der Waals surface area contributed by atoms with Crippen molar-refractivity contribution in [2.75, 3.05) is 20.2 Å². The van der Waals surface area contributed by atoms with Gasteiger partial charge in [0.15, 0.2) is 0 Å². The summed E-state index contributed by atoms with van der Waals surface area (Å²) in [6.45, 7) is 1.75. The Hall–Kier alpha value is -2.08. The minimum absolute atomic E-state index is 0.179. The first-order chi connectivity index (χ1) is 9.60. The van der Waals surface area contributed by atoms with Gasteiger partial charge in [-0.3, -0.25) is 14.5 Å². The topological polar surface area (TPSA) is 78.9 Å². The van der Waals surface area contributed by atoms with E-state index in [0.717, 1.165) is 11.3 Å². The van der Waals surface area contributed by atoms with Gasteiger partial charge in [-0.05, 0) is 17.7 Å². The van der Waals surface area contributed by atoms with Crippen molar-refractivity contribution in [1.29, 1.82) is 0 Å². The summed E-state index contributed by atoms with van der Waals surface area (Å²) in [6, 6.07) is 6.94. The van der Waals surface area contributed by atoms with E-state index in [2.05, 4.69) is 5.32 Å². The number of hydrogen-bond donors (Lipinski definition) is 2. The number of carbonyl (C=O) groups excluding carboxylic acids is 1. The van der Waals surface area contributed by atoms with E-state index in [1.165, 1.54) is 0 Å². The Morgan fingerprint density at radius 2 is 2.15 bits per heavy atom. The highest BCUT2D eigenvalue weighted by Crippen LogP contribution is 2.16. The van der Waals surface area contributed by atoms with Crippen LogP contribution in [0.4, 0.5) is 0 Å². The standard InChI is InChI=1S/C14H18N2O4/c1-20-11-4-2-10(3-5-11)9-16-7-6-15-14(19)12(16)8-13(17)18/h2-5,12H,6-9H2,1H3,(H,15,19)(H,17,18). The van der Waals surface area contributed by atoms with Gasteiger partial charge < -0.3 is 15.2 Å². The van der Waals surface area contributed by atoms with E-state index >= 15 is 0 Å². The minimum atomic E-state index is -0.966. The molecule has 0 aromatic heterocycles. The molecular weight excluding hydrogens is 260 g/mol. The lowest BCUT2D eigenvalue weighted by atomic mass is 10.1. The molecule has 2 rings (SSSR count). The average molecular weight is 278 g/mol. The Labute approximate surface area is 117 Å². The molecule has 1 saturated heterocycles. The SMILES string of the molecule is COc1ccc(CN2CCNC(=O)C2CC(=O)O)cc1. The number of rotatable bonds is 5. The lowest BCUT2D eigenvalue weighted by Crippen LogP contribution is -2.55. The van der Waals surface area contributed by atoms with Crippen molar-refractivity contribution in [2.24, 2.45) is 0 Å². The molecule has 0 radical (unpaired) electrons. The van der Waals surface area contributed by atoms with Crippen LogP contribution in [0.3, 0.4) is 0 Å². The number of carboxylic acids is 1. The molecule has 1 aliphatic heterocycles. The third-order valence-corrected chi connectivity index (χ3v) is 3.35. The average Bonchev–Trinajstić information content (AvgIpc) is 2.43. The van der Waals surface area contributed by atoms with Gasteiger partial charge in [-0.15, -0.1) is 0 Å². The van der Waals surface area contributed by atoms with Gasteiger partial charge in [0.05, 0.1) is 13.5 Å². The van der Waals surface area contributed by atoms with Crippen LogP contribution in [0.5, 0.6) is 5.75 Å². The molecule has 6 nitrogen and oxygen atoms in total. The van der Waals surface area contributed by atoms with Crippen molar-refractivity contribution in [2.45, 2.75) is 19.0 Å². The summed E-state index contributed by atoms with van der Waals surface area (Å²) in [5.74, 6) is -0.411. The molecule has 0 aliphatic carbocycles. The van der Waals surface area contributed by atoms with Crippen LogP contribution in [-0.4, -0.2) is 48.1 Å². The van der Waals surface area contributed by atoms with Gasteiger partial charge in [-0.2, -0.15) is 0 Å². The maximum Gasteiger partial charge on any atom is 0.305 e. The van der Waals surface area contributed by atoms with E-state index in [0.29, 0.717) is 19.6 Å². The Morgan fingerprint density at radius 1 is 1.45 bits per heavy atom. The van der Waals surface area contributed by atoms with E-state index in [9.17, 15) is 9.59 Å². The summed E-state index contributed by atoms with van der Waals surface area (Å²) >= 11 is 0. The summed E-state index contributed by atoms with van der Waals surface area (Å²) in [7, 11) is 1.60. The first kappa shape index (κ1) is 14.3.